The molecule has 28 heavy (non-hydrogen) atoms. The minimum Gasteiger partial charge on any atom is -0.485 e. The first-order valence-corrected chi connectivity index (χ1v) is 10.3. The van der Waals surface area contributed by atoms with Crippen LogP contribution >= 0.6 is 11.8 Å². The Morgan fingerprint density at radius 2 is 1.86 bits per heavy atom. The van der Waals surface area contributed by atoms with Gasteiger partial charge in [-0.15, -0.1) is 10.2 Å². The molecule has 0 saturated heterocycles. The van der Waals surface area contributed by atoms with Crippen molar-refractivity contribution in [2.45, 2.75) is 45.5 Å². The van der Waals surface area contributed by atoms with Gasteiger partial charge in [0.05, 0.1) is 5.75 Å². The van der Waals surface area contributed by atoms with Gasteiger partial charge < -0.3 is 9.30 Å². The summed E-state index contributed by atoms with van der Waals surface area (Å²) >= 11 is 1.41. The maximum atomic E-state index is 12.4. The van der Waals surface area contributed by atoms with E-state index in [1.165, 1.54) is 11.8 Å². The molecule has 0 saturated carbocycles. The fraction of sp³-hybridized carbons (Fsp3) is 0.318. The van der Waals surface area contributed by atoms with Gasteiger partial charge in [0.1, 0.15) is 12.4 Å². The summed E-state index contributed by atoms with van der Waals surface area (Å²) in [7, 11) is 0. The average Bonchev–Trinajstić information content (AvgIpc) is 3.10. The Morgan fingerprint density at radius 3 is 2.57 bits per heavy atom. The first-order valence-electron chi connectivity index (χ1n) is 9.30. The highest BCUT2D eigenvalue weighted by Crippen LogP contribution is 2.25. The number of Topliss-reactive ketones (excluding diaryl/α,β-unsaturated/α-hetero) is 1. The van der Waals surface area contributed by atoms with Crippen molar-refractivity contribution >= 4 is 17.5 Å². The van der Waals surface area contributed by atoms with Gasteiger partial charge in [0.25, 0.3) is 0 Å². The molecule has 0 aliphatic carbocycles. The number of aryl methyl sites for hydroxylation is 2. The predicted octanol–water partition coefficient (Wildman–Crippen LogP) is 5.03. The average molecular weight is 396 g/mol. The van der Waals surface area contributed by atoms with Crippen LogP contribution in [0.5, 0.6) is 5.75 Å². The van der Waals surface area contributed by atoms with Crippen LogP contribution in [0.25, 0.3) is 0 Å². The molecule has 0 aliphatic heterocycles. The molecule has 1 aromatic heterocycles. The van der Waals surface area contributed by atoms with Crippen molar-refractivity contribution in [3.8, 4) is 5.75 Å². The van der Waals surface area contributed by atoms with Gasteiger partial charge in [-0.3, -0.25) is 4.79 Å². The summed E-state index contributed by atoms with van der Waals surface area (Å²) in [6.45, 7) is 8.56. The fourth-order valence-corrected chi connectivity index (χ4v) is 3.85. The Balaban J connectivity index is 1.71. The molecule has 0 fully saturated rings. The third kappa shape index (κ3) is 4.81. The number of rotatable bonds is 8. The molecule has 3 aromatic rings. The predicted molar refractivity (Wildman–Crippen MR) is 112 cm³/mol. The highest BCUT2D eigenvalue weighted by atomic mass is 32.2. The molecule has 2 aromatic carbocycles. The van der Waals surface area contributed by atoms with Crippen molar-refractivity contribution < 1.29 is 9.53 Å². The Bertz CT molecular complexity index is 952. The van der Waals surface area contributed by atoms with E-state index >= 15 is 0 Å². The molecule has 0 radical (unpaired) electrons. The van der Waals surface area contributed by atoms with E-state index < -0.39 is 0 Å². The second-order valence-corrected chi connectivity index (χ2v) is 7.94. The van der Waals surface area contributed by atoms with Gasteiger partial charge in [-0.25, -0.2) is 0 Å². The molecular weight excluding hydrogens is 370 g/mol. The first-order chi connectivity index (χ1) is 13.5. The molecular formula is C22H25N3O2S. The van der Waals surface area contributed by atoms with Gasteiger partial charge in [-0.1, -0.05) is 54.2 Å². The minimum absolute atomic E-state index is 0.0806. The molecule has 0 spiro atoms. The zero-order valence-corrected chi connectivity index (χ0v) is 17.5. The molecule has 0 bridgehead atoms. The van der Waals surface area contributed by atoms with Crippen LogP contribution in [0.3, 0.4) is 0 Å². The van der Waals surface area contributed by atoms with Crippen LogP contribution in [0.2, 0.25) is 0 Å². The lowest BCUT2D eigenvalue weighted by atomic mass is 10.1. The largest absolute Gasteiger partial charge is 0.485 e. The van der Waals surface area contributed by atoms with Crippen molar-refractivity contribution in [1.82, 2.24) is 14.8 Å². The van der Waals surface area contributed by atoms with Gasteiger partial charge in [0, 0.05) is 11.6 Å². The van der Waals surface area contributed by atoms with Crippen LogP contribution in [0.1, 0.15) is 47.2 Å². The van der Waals surface area contributed by atoms with Crippen molar-refractivity contribution in [2.24, 2.45) is 0 Å². The van der Waals surface area contributed by atoms with E-state index in [-0.39, 0.29) is 11.8 Å². The Labute approximate surface area is 170 Å². The van der Waals surface area contributed by atoms with E-state index in [1.807, 2.05) is 60.9 Å². The third-order valence-corrected chi connectivity index (χ3v) is 5.32. The summed E-state index contributed by atoms with van der Waals surface area (Å²) in [6.07, 6.45) is 0. The highest BCUT2D eigenvalue weighted by Gasteiger charge is 2.17. The van der Waals surface area contributed by atoms with E-state index in [9.17, 15) is 4.79 Å². The standard InChI is InChI=1S/C22H25N3O2S/c1-15(2)25-21(13-27-20-12-16(3)10-11-17(20)4)23-24-22(25)28-14-19(26)18-8-6-5-7-9-18/h5-12,15H,13-14H2,1-4H3. The number of carbonyl (C=O) groups excluding carboxylic acids is 1. The van der Waals surface area contributed by atoms with Gasteiger partial charge in [-0.2, -0.15) is 0 Å². The summed E-state index contributed by atoms with van der Waals surface area (Å²) in [5, 5.41) is 9.35. The number of ketones is 1. The molecule has 0 aliphatic rings. The maximum Gasteiger partial charge on any atom is 0.192 e. The van der Waals surface area contributed by atoms with Gasteiger partial charge in [0.2, 0.25) is 0 Å². The lowest BCUT2D eigenvalue weighted by Crippen LogP contribution is -2.11. The van der Waals surface area contributed by atoms with Crippen molar-refractivity contribution in [3.63, 3.8) is 0 Å². The number of ether oxygens (including phenoxy) is 1. The van der Waals surface area contributed by atoms with Crippen LogP contribution < -0.4 is 4.74 Å². The van der Waals surface area contributed by atoms with Crippen LogP contribution in [-0.4, -0.2) is 26.3 Å². The van der Waals surface area contributed by atoms with Crippen LogP contribution in [-0.2, 0) is 6.61 Å². The van der Waals surface area contributed by atoms with Gasteiger partial charge in [0.15, 0.2) is 16.8 Å². The fourth-order valence-electron chi connectivity index (χ4n) is 2.87. The molecule has 5 nitrogen and oxygen atoms in total. The molecule has 6 heteroatoms. The van der Waals surface area contributed by atoms with E-state index in [0.29, 0.717) is 17.9 Å². The number of nitrogens with zero attached hydrogens (tertiary/aromatic N) is 3. The number of thioether (sulfide) groups is 1. The number of benzene rings is 2. The molecule has 0 amide bonds. The van der Waals surface area contributed by atoms with E-state index in [0.717, 1.165) is 27.9 Å². The van der Waals surface area contributed by atoms with Gasteiger partial charge >= 0.3 is 0 Å². The van der Waals surface area contributed by atoms with Crippen LogP contribution in [0, 0.1) is 13.8 Å². The highest BCUT2D eigenvalue weighted by molar-refractivity contribution is 7.99. The monoisotopic (exact) mass is 395 g/mol. The smallest absolute Gasteiger partial charge is 0.192 e. The quantitative estimate of drug-likeness (QED) is 0.395. The summed E-state index contributed by atoms with van der Waals surface area (Å²) < 4.78 is 8.04. The van der Waals surface area contributed by atoms with E-state index in [1.54, 1.807) is 0 Å². The maximum absolute atomic E-state index is 12.4. The Morgan fingerprint density at radius 1 is 1.11 bits per heavy atom. The summed E-state index contributed by atoms with van der Waals surface area (Å²) in [5.41, 5.74) is 2.95. The topological polar surface area (TPSA) is 57.0 Å². The molecule has 0 N–H and O–H groups in total. The summed E-state index contributed by atoms with van der Waals surface area (Å²) in [4.78, 5) is 12.4. The molecule has 0 atom stereocenters. The number of hydrogen-bond acceptors (Lipinski definition) is 5. The van der Waals surface area contributed by atoms with Crippen molar-refractivity contribution in [1.29, 1.82) is 0 Å². The normalized spacial score (nSPS) is 11.0. The molecule has 1 heterocycles. The van der Waals surface area contributed by atoms with Gasteiger partial charge in [-0.05, 0) is 44.9 Å². The Kier molecular flexibility index (Phi) is 6.52. The molecule has 0 unspecified atom stereocenters. The van der Waals surface area contributed by atoms with E-state index in [4.69, 9.17) is 4.74 Å². The lowest BCUT2D eigenvalue weighted by Gasteiger charge is -2.15. The SMILES string of the molecule is Cc1ccc(C)c(OCc2nnc(SCC(=O)c3ccccc3)n2C(C)C)c1. The van der Waals surface area contributed by atoms with Crippen molar-refractivity contribution in [2.75, 3.05) is 5.75 Å². The second kappa shape index (κ2) is 9.06. The first kappa shape index (κ1) is 20.1. The second-order valence-electron chi connectivity index (χ2n) is 7.00. The van der Waals surface area contributed by atoms with Crippen LogP contribution in [0.4, 0.5) is 0 Å². The minimum atomic E-state index is 0.0806. The van der Waals surface area contributed by atoms with Crippen molar-refractivity contribution in [3.05, 3.63) is 71.0 Å². The number of aromatic nitrogens is 3. The number of carbonyl (C=O) groups is 1. The Hall–Kier alpha value is -2.60. The summed E-state index contributed by atoms with van der Waals surface area (Å²) in [5.74, 6) is 2.02. The third-order valence-electron chi connectivity index (χ3n) is 4.38. The zero-order valence-electron chi connectivity index (χ0n) is 16.7. The summed E-state index contributed by atoms with van der Waals surface area (Å²) in [6, 6.07) is 15.6. The molecule has 3 rings (SSSR count). The number of hydrogen-bond donors (Lipinski definition) is 0. The van der Waals surface area contributed by atoms with E-state index in [2.05, 4.69) is 30.1 Å². The lowest BCUT2D eigenvalue weighted by molar-refractivity contribution is 0.102. The zero-order chi connectivity index (χ0) is 20.1. The van der Waals surface area contributed by atoms with Crippen LogP contribution in [0.15, 0.2) is 53.7 Å². The molecule has 146 valence electrons.